The van der Waals surface area contributed by atoms with Crippen LogP contribution in [0.5, 0.6) is 0 Å². The normalized spacial score (nSPS) is 25.7. The van der Waals surface area contributed by atoms with Crippen molar-refractivity contribution in [3.63, 3.8) is 0 Å². The quantitative estimate of drug-likeness (QED) is 0.291. The van der Waals surface area contributed by atoms with Crippen molar-refractivity contribution < 1.29 is 23.3 Å². The Balaban J connectivity index is 1.90. The van der Waals surface area contributed by atoms with Gasteiger partial charge in [-0.3, -0.25) is 19.2 Å². The summed E-state index contributed by atoms with van der Waals surface area (Å²) in [4.78, 5) is 28.9. The second-order valence-corrected chi connectivity index (χ2v) is 11.0. The van der Waals surface area contributed by atoms with Crippen molar-refractivity contribution in [2.75, 3.05) is 46.6 Å². The van der Waals surface area contributed by atoms with Gasteiger partial charge in [-0.25, -0.2) is 9.46 Å². The number of aromatic amines is 1. The number of nitrogens with zero attached hydrogens (tertiary/aromatic N) is 4. The van der Waals surface area contributed by atoms with Crippen LogP contribution in [0.15, 0.2) is 21.9 Å². The largest absolute Gasteiger partial charge is 0.379 e. The highest BCUT2D eigenvalue weighted by molar-refractivity contribution is 7.44. The van der Waals surface area contributed by atoms with E-state index in [1.165, 1.54) is 16.8 Å². The van der Waals surface area contributed by atoms with Crippen molar-refractivity contribution in [3.05, 3.63) is 33.1 Å². The fourth-order valence-electron chi connectivity index (χ4n) is 4.70. The summed E-state index contributed by atoms with van der Waals surface area (Å²) in [6.07, 6.45) is -0.0769. The molecule has 0 aromatic carbocycles. The van der Waals surface area contributed by atoms with Crippen LogP contribution in [0.1, 0.15) is 46.8 Å². The molecule has 2 aliphatic rings. The molecule has 12 nitrogen and oxygen atoms in total. The summed E-state index contributed by atoms with van der Waals surface area (Å²) in [5.41, 5.74) is -1.06. The van der Waals surface area contributed by atoms with Gasteiger partial charge in [-0.05, 0) is 34.1 Å². The van der Waals surface area contributed by atoms with Gasteiger partial charge in [-0.2, -0.15) is 5.26 Å². The second-order valence-electron chi connectivity index (χ2n) is 9.64. The minimum absolute atomic E-state index is 0.126. The Hall–Kier alpha value is -1.68. The lowest BCUT2D eigenvalue weighted by Gasteiger charge is -2.38. The Morgan fingerprint density at radius 2 is 1.92 bits per heavy atom. The zero-order valence-corrected chi connectivity index (χ0v) is 23.3. The molecule has 2 aliphatic heterocycles. The van der Waals surface area contributed by atoms with Crippen LogP contribution in [-0.4, -0.2) is 96.1 Å². The smallest absolute Gasteiger partial charge is 0.330 e. The van der Waals surface area contributed by atoms with Gasteiger partial charge in [0.25, 0.3) is 14.1 Å². The summed E-state index contributed by atoms with van der Waals surface area (Å²) in [5.74, 6) is 0. The first kappa shape index (κ1) is 29.9. The second kappa shape index (κ2) is 14.5. The third-order valence-electron chi connectivity index (χ3n) is 6.39. The van der Waals surface area contributed by atoms with E-state index < -0.39 is 44.3 Å². The maximum atomic E-state index is 12.6. The van der Waals surface area contributed by atoms with E-state index in [0.717, 1.165) is 19.6 Å². The third kappa shape index (κ3) is 7.91. The van der Waals surface area contributed by atoms with E-state index in [1.54, 1.807) is 7.11 Å². The number of nitrogens with one attached hydrogen (secondary N) is 1. The highest BCUT2D eigenvalue weighted by atomic mass is 31.2. The van der Waals surface area contributed by atoms with Crippen LogP contribution in [0.3, 0.4) is 0 Å². The fraction of sp³-hybridized carbons (Fsp3) is 0.792. The van der Waals surface area contributed by atoms with Gasteiger partial charge in [0.05, 0.1) is 38.4 Å². The van der Waals surface area contributed by atoms with Crippen LogP contribution in [0, 0.1) is 11.3 Å². The molecule has 0 saturated carbocycles. The Kier molecular flexibility index (Phi) is 11.7. The molecule has 3 heterocycles. The number of aromatic nitrogens is 2. The molecule has 3 unspecified atom stereocenters. The first-order valence-electron chi connectivity index (χ1n) is 12.8. The number of methoxy groups -OCH3 is 1. The standard InChI is InChI=1S/C24H40N5O7P/c1-17(2)29(18(3)4)37(34-14-6-9-25)36-21-19(7-10-27-12-15-33-16-13-27)35-23(22(21)32-5)28-11-8-20(30)26-24(28)31/h8,11,17-19,21-23H,6-7,10,12-16H2,1-5H3,(H,26,30,31)/t19-,21?,22?,23-,37?/m1/s1. The molecule has 0 amide bonds. The minimum atomic E-state index is -1.57. The molecule has 0 bridgehead atoms. The lowest BCUT2D eigenvalue weighted by Crippen LogP contribution is -2.42. The topological polar surface area (TPSA) is 131 Å². The van der Waals surface area contributed by atoms with Gasteiger partial charge in [-0.15, -0.1) is 0 Å². The van der Waals surface area contributed by atoms with E-state index in [9.17, 15) is 9.59 Å². The van der Waals surface area contributed by atoms with Crippen molar-refractivity contribution in [1.29, 1.82) is 5.26 Å². The van der Waals surface area contributed by atoms with E-state index in [2.05, 4.69) is 48.3 Å². The van der Waals surface area contributed by atoms with E-state index in [-0.39, 0.29) is 25.1 Å². The van der Waals surface area contributed by atoms with E-state index in [0.29, 0.717) is 19.6 Å². The van der Waals surface area contributed by atoms with Crippen LogP contribution < -0.4 is 11.2 Å². The summed E-state index contributed by atoms with van der Waals surface area (Å²) >= 11 is 0. The van der Waals surface area contributed by atoms with Crippen molar-refractivity contribution in [3.8, 4) is 6.07 Å². The molecular formula is C24H40N5O7P. The maximum absolute atomic E-state index is 12.6. The number of nitriles is 1. The van der Waals surface area contributed by atoms with Crippen molar-refractivity contribution >= 4 is 8.53 Å². The van der Waals surface area contributed by atoms with Crippen LogP contribution >= 0.6 is 8.53 Å². The number of ether oxygens (including phenoxy) is 3. The fourth-order valence-corrected chi connectivity index (χ4v) is 6.47. The van der Waals surface area contributed by atoms with Crippen LogP contribution in [-0.2, 0) is 23.3 Å². The van der Waals surface area contributed by atoms with Gasteiger partial charge in [0, 0.05) is 51.1 Å². The molecule has 13 heteroatoms. The number of rotatable bonds is 13. The summed E-state index contributed by atoms with van der Waals surface area (Å²) in [6.45, 7) is 12.4. The minimum Gasteiger partial charge on any atom is -0.379 e. The first-order valence-corrected chi connectivity index (χ1v) is 13.9. The summed E-state index contributed by atoms with van der Waals surface area (Å²) in [5, 5.41) is 9.05. The van der Waals surface area contributed by atoms with Gasteiger partial charge in [-0.1, -0.05) is 0 Å². The average Bonchev–Trinajstić information content (AvgIpc) is 3.19. The van der Waals surface area contributed by atoms with Crippen molar-refractivity contribution in [1.82, 2.24) is 19.1 Å². The van der Waals surface area contributed by atoms with Gasteiger partial charge < -0.3 is 23.3 Å². The van der Waals surface area contributed by atoms with Crippen LogP contribution in [0.4, 0.5) is 0 Å². The molecule has 0 spiro atoms. The molecule has 5 atom stereocenters. The molecule has 1 N–H and O–H groups in total. The number of H-pyrrole nitrogens is 1. The molecule has 1 aromatic heterocycles. The predicted octanol–water partition coefficient (Wildman–Crippen LogP) is 1.83. The lowest BCUT2D eigenvalue weighted by atomic mass is 10.1. The van der Waals surface area contributed by atoms with Crippen molar-refractivity contribution in [2.24, 2.45) is 0 Å². The molecule has 1 aromatic rings. The van der Waals surface area contributed by atoms with Gasteiger partial charge in [0.15, 0.2) is 6.23 Å². The number of morpholine rings is 1. The SMILES string of the molecule is COC1C(OP(OCCC#N)N(C(C)C)C(C)C)[C@@H](CCN2CCOCC2)O[C@H]1n1ccc(=O)[nH]c1=O. The molecule has 208 valence electrons. The molecule has 2 fully saturated rings. The summed E-state index contributed by atoms with van der Waals surface area (Å²) < 4.78 is 34.1. The van der Waals surface area contributed by atoms with E-state index >= 15 is 0 Å². The molecule has 0 aliphatic carbocycles. The van der Waals surface area contributed by atoms with E-state index in [1.807, 2.05) is 0 Å². The molecule has 3 rings (SSSR count). The van der Waals surface area contributed by atoms with E-state index in [4.69, 9.17) is 28.5 Å². The maximum Gasteiger partial charge on any atom is 0.330 e. The lowest BCUT2D eigenvalue weighted by molar-refractivity contribution is -0.0569. The Morgan fingerprint density at radius 1 is 1.22 bits per heavy atom. The van der Waals surface area contributed by atoms with Gasteiger partial charge >= 0.3 is 5.69 Å². The number of hydrogen-bond acceptors (Lipinski definition) is 10. The highest BCUT2D eigenvalue weighted by Crippen LogP contribution is 2.50. The zero-order valence-electron chi connectivity index (χ0n) is 22.4. The predicted molar refractivity (Wildman–Crippen MR) is 138 cm³/mol. The highest BCUT2D eigenvalue weighted by Gasteiger charge is 2.49. The average molecular weight is 542 g/mol. The van der Waals surface area contributed by atoms with Gasteiger partial charge in [0.2, 0.25) is 0 Å². The van der Waals surface area contributed by atoms with Crippen LogP contribution in [0.25, 0.3) is 0 Å². The third-order valence-corrected chi connectivity index (χ3v) is 8.52. The molecule has 2 saturated heterocycles. The van der Waals surface area contributed by atoms with Crippen molar-refractivity contribution in [2.45, 2.75) is 77.2 Å². The van der Waals surface area contributed by atoms with Crippen LogP contribution in [0.2, 0.25) is 0 Å². The molecular weight excluding hydrogens is 501 g/mol. The Labute approximate surface area is 219 Å². The molecule has 37 heavy (non-hydrogen) atoms. The van der Waals surface area contributed by atoms with Gasteiger partial charge in [0.1, 0.15) is 12.2 Å². The number of hydrogen-bond donors (Lipinski definition) is 1. The monoisotopic (exact) mass is 541 g/mol. The Bertz CT molecular complexity index is 983. The summed E-state index contributed by atoms with van der Waals surface area (Å²) in [7, 11) is -0.0117. The Morgan fingerprint density at radius 3 is 2.51 bits per heavy atom. The first-order chi connectivity index (χ1) is 17.8. The summed E-state index contributed by atoms with van der Waals surface area (Å²) in [6, 6.07) is 3.65. The zero-order chi connectivity index (χ0) is 26.9. The molecule has 0 radical (unpaired) electrons.